The van der Waals surface area contributed by atoms with Crippen molar-refractivity contribution in [3.05, 3.63) is 29.8 Å². The molecule has 0 aliphatic heterocycles. The van der Waals surface area contributed by atoms with Crippen LogP contribution in [0.1, 0.15) is 44.6 Å². The molecule has 0 aromatic heterocycles. The van der Waals surface area contributed by atoms with Crippen LogP contribution in [0.3, 0.4) is 0 Å². The quantitative estimate of drug-likeness (QED) is 0.754. The first-order valence-electron chi connectivity index (χ1n) is 5.91. The van der Waals surface area contributed by atoms with Crippen molar-refractivity contribution in [2.75, 3.05) is 0 Å². The van der Waals surface area contributed by atoms with Gasteiger partial charge in [0.15, 0.2) is 0 Å². The van der Waals surface area contributed by atoms with E-state index in [2.05, 4.69) is 13.0 Å². The zero-order valence-electron chi connectivity index (χ0n) is 9.70. The summed E-state index contributed by atoms with van der Waals surface area (Å²) in [5.41, 5.74) is 0.674. The number of rotatable bonds is 2. The van der Waals surface area contributed by atoms with E-state index in [0.29, 0.717) is 5.56 Å². The highest BCUT2D eigenvalue weighted by Gasteiger charge is 2.28. The van der Waals surface area contributed by atoms with E-state index in [0.717, 1.165) is 18.6 Å². The highest BCUT2D eigenvalue weighted by molar-refractivity contribution is 5.34. The number of benzene rings is 1. The van der Waals surface area contributed by atoms with Crippen LogP contribution in [-0.4, -0.2) is 5.60 Å². The lowest BCUT2D eigenvalue weighted by atomic mass is 9.86. The van der Waals surface area contributed by atoms with Crippen LogP contribution in [0.4, 0.5) is 0 Å². The molecule has 1 aliphatic carbocycles. The van der Waals surface area contributed by atoms with Gasteiger partial charge in [0, 0.05) is 0 Å². The summed E-state index contributed by atoms with van der Waals surface area (Å²) >= 11 is 0. The molecule has 0 N–H and O–H groups in total. The second kappa shape index (κ2) is 4.57. The first-order valence-corrected chi connectivity index (χ1v) is 5.91. The van der Waals surface area contributed by atoms with Gasteiger partial charge in [-0.25, -0.2) is 0 Å². The summed E-state index contributed by atoms with van der Waals surface area (Å²) in [6, 6.07) is 9.50. The van der Waals surface area contributed by atoms with Gasteiger partial charge in [-0.15, -0.1) is 0 Å². The Balaban J connectivity index is 2.05. The monoisotopic (exact) mass is 215 g/mol. The van der Waals surface area contributed by atoms with E-state index in [1.54, 1.807) is 0 Å². The highest BCUT2D eigenvalue weighted by Crippen LogP contribution is 2.32. The van der Waals surface area contributed by atoms with Crippen molar-refractivity contribution in [2.24, 2.45) is 0 Å². The third-order valence-electron chi connectivity index (χ3n) is 3.26. The van der Waals surface area contributed by atoms with Crippen LogP contribution >= 0.6 is 0 Å². The normalized spacial score (nSPS) is 18.8. The van der Waals surface area contributed by atoms with E-state index in [4.69, 9.17) is 10.00 Å². The Hall–Kier alpha value is -1.49. The molecule has 1 aromatic carbocycles. The van der Waals surface area contributed by atoms with Gasteiger partial charge in [-0.1, -0.05) is 6.42 Å². The summed E-state index contributed by atoms with van der Waals surface area (Å²) in [5, 5.41) is 8.71. The van der Waals surface area contributed by atoms with E-state index < -0.39 is 0 Å². The fourth-order valence-electron chi connectivity index (χ4n) is 2.28. The molecule has 0 amide bonds. The molecule has 0 unspecified atom stereocenters. The Bertz CT molecular complexity index is 382. The Morgan fingerprint density at radius 3 is 2.31 bits per heavy atom. The lowest BCUT2D eigenvalue weighted by Gasteiger charge is -2.34. The van der Waals surface area contributed by atoms with Gasteiger partial charge in [-0.3, -0.25) is 0 Å². The topological polar surface area (TPSA) is 33.0 Å². The van der Waals surface area contributed by atoms with Gasteiger partial charge in [0.05, 0.1) is 11.6 Å². The van der Waals surface area contributed by atoms with Crippen LogP contribution in [0.25, 0.3) is 0 Å². The fourth-order valence-corrected chi connectivity index (χ4v) is 2.28. The van der Waals surface area contributed by atoms with Crippen LogP contribution in [0.2, 0.25) is 0 Å². The minimum absolute atomic E-state index is 0.00753. The van der Waals surface area contributed by atoms with Gasteiger partial charge in [-0.05, 0) is 56.9 Å². The third kappa shape index (κ3) is 2.55. The molecule has 0 radical (unpaired) electrons. The molecule has 2 heteroatoms. The molecule has 2 rings (SSSR count). The maximum Gasteiger partial charge on any atom is 0.120 e. The van der Waals surface area contributed by atoms with Gasteiger partial charge in [0.1, 0.15) is 11.4 Å². The summed E-state index contributed by atoms with van der Waals surface area (Å²) in [5.74, 6) is 0.878. The summed E-state index contributed by atoms with van der Waals surface area (Å²) in [7, 11) is 0. The molecule has 0 saturated heterocycles. The Kier molecular flexibility index (Phi) is 3.14. The third-order valence-corrected chi connectivity index (χ3v) is 3.26. The fraction of sp³-hybridized carbons (Fsp3) is 0.500. The molecular formula is C14H17NO. The summed E-state index contributed by atoms with van der Waals surface area (Å²) in [4.78, 5) is 0. The van der Waals surface area contributed by atoms with Crippen LogP contribution in [-0.2, 0) is 0 Å². The molecule has 0 heterocycles. The van der Waals surface area contributed by atoms with Crippen molar-refractivity contribution >= 4 is 0 Å². The predicted octanol–water partition coefficient (Wildman–Crippen LogP) is 3.66. The Morgan fingerprint density at radius 2 is 1.75 bits per heavy atom. The molecule has 2 nitrogen and oxygen atoms in total. The zero-order valence-corrected chi connectivity index (χ0v) is 9.70. The Labute approximate surface area is 96.9 Å². The lowest BCUT2D eigenvalue weighted by Crippen LogP contribution is -2.34. The zero-order chi connectivity index (χ0) is 11.4. The molecule has 0 spiro atoms. The van der Waals surface area contributed by atoms with Crippen LogP contribution in [0, 0.1) is 11.3 Å². The van der Waals surface area contributed by atoms with Gasteiger partial charge < -0.3 is 4.74 Å². The molecule has 1 aromatic rings. The van der Waals surface area contributed by atoms with Crippen LogP contribution in [0.15, 0.2) is 24.3 Å². The minimum Gasteiger partial charge on any atom is -0.488 e. The molecule has 0 bridgehead atoms. The van der Waals surface area contributed by atoms with E-state index in [-0.39, 0.29) is 5.60 Å². The number of ether oxygens (including phenoxy) is 1. The maximum atomic E-state index is 8.71. The number of nitrogens with zero attached hydrogens (tertiary/aromatic N) is 1. The van der Waals surface area contributed by atoms with Gasteiger partial charge in [-0.2, -0.15) is 5.26 Å². The average molecular weight is 215 g/mol. The average Bonchev–Trinajstić information content (AvgIpc) is 2.30. The summed E-state index contributed by atoms with van der Waals surface area (Å²) in [6.07, 6.45) is 6.10. The molecule has 1 fully saturated rings. The summed E-state index contributed by atoms with van der Waals surface area (Å²) < 4.78 is 6.03. The number of nitriles is 1. The largest absolute Gasteiger partial charge is 0.488 e. The molecule has 1 aliphatic rings. The predicted molar refractivity (Wildman–Crippen MR) is 63.3 cm³/mol. The molecule has 84 valence electrons. The molecule has 0 atom stereocenters. The second-order valence-corrected chi connectivity index (χ2v) is 4.75. The van der Waals surface area contributed by atoms with E-state index in [1.807, 2.05) is 24.3 Å². The molecule has 16 heavy (non-hydrogen) atoms. The first-order chi connectivity index (χ1) is 7.72. The summed E-state index contributed by atoms with van der Waals surface area (Å²) in [6.45, 7) is 2.18. The van der Waals surface area contributed by atoms with Crippen LogP contribution in [0.5, 0.6) is 5.75 Å². The standard InChI is InChI=1S/C14H17NO/c1-14(9-3-2-4-10-14)16-13-7-5-12(11-15)6-8-13/h5-8H,2-4,9-10H2,1H3. The van der Waals surface area contributed by atoms with Crippen LogP contribution < -0.4 is 4.74 Å². The van der Waals surface area contributed by atoms with Gasteiger partial charge >= 0.3 is 0 Å². The van der Waals surface area contributed by atoms with Gasteiger partial charge in [0.25, 0.3) is 0 Å². The lowest BCUT2D eigenvalue weighted by molar-refractivity contribution is 0.0487. The molecular weight excluding hydrogens is 198 g/mol. The number of hydrogen-bond acceptors (Lipinski definition) is 2. The highest BCUT2D eigenvalue weighted by atomic mass is 16.5. The van der Waals surface area contributed by atoms with Crippen molar-refractivity contribution in [1.29, 1.82) is 5.26 Å². The van der Waals surface area contributed by atoms with E-state index in [1.165, 1.54) is 19.3 Å². The second-order valence-electron chi connectivity index (χ2n) is 4.75. The SMILES string of the molecule is CC1(Oc2ccc(C#N)cc2)CCCCC1. The van der Waals surface area contributed by atoms with Crippen molar-refractivity contribution in [2.45, 2.75) is 44.6 Å². The van der Waals surface area contributed by atoms with Crippen molar-refractivity contribution < 1.29 is 4.74 Å². The maximum absolute atomic E-state index is 8.71. The smallest absolute Gasteiger partial charge is 0.120 e. The minimum atomic E-state index is -0.00753. The van der Waals surface area contributed by atoms with Gasteiger partial charge in [0.2, 0.25) is 0 Å². The first kappa shape index (κ1) is 11.0. The van der Waals surface area contributed by atoms with E-state index in [9.17, 15) is 0 Å². The Morgan fingerprint density at radius 1 is 1.12 bits per heavy atom. The van der Waals surface area contributed by atoms with E-state index >= 15 is 0 Å². The number of hydrogen-bond donors (Lipinski definition) is 0. The van der Waals surface area contributed by atoms with Crippen molar-refractivity contribution in [3.63, 3.8) is 0 Å². The van der Waals surface area contributed by atoms with Crippen molar-refractivity contribution in [3.8, 4) is 11.8 Å². The molecule has 1 saturated carbocycles. The van der Waals surface area contributed by atoms with Crippen molar-refractivity contribution in [1.82, 2.24) is 0 Å².